The van der Waals surface area contributed by atoms with Crippen molar-refractivity contribution in [1.29, 1.82) is 0 Å². The highest BCUT2D eigenvalue weighted by molar-refractivity contribution is 5.88. The summed E-state index contributed by atoms with van der Waals surface area (Å²) in [7, 11) is 1.59. The third kappa shape index (κ3) is 5.06. The summed E-state index contributed by atoms with van der Waals surface area (Å²) >= 11 is 0. The average molecular weight is 510 g/mol. The largest absolute Gasteiger partial charge is 0.493 e. The number of aromatic amines is 1. The van der Waals surface area contributed by atoms with E-state index in [0.717, 1.165) is 40.4 Å². The van der Waals surface area contributed by atoms with E-state index in [-0.39, 0.29) is 6.61 Å². The van der Waals surface area contributed by atoms with Crippen molar-refractivity contribution in [2.24, 2.45) is 0 Å². The van der Waals surface area contributed by atoms with Gasteiger partial charge < -0.3 is 29.2 Å². The molecule has 0 bridgehead atoms. The predicted octanol–water partition coefficient (Wildman–Crippen LogP) is 6.35. The van der Waals surface area contributed by atoms with Crippen molar-refractivity contribution in [2.75, 3.05) is 13.7 Å². The van der Waals surface area contributed by atoms with Crippen molar-refractivity contribution in [3.63, 3.8) is 0 Å². The lowest BCUT2D eigenvalue weighted by atomic mass is 10.1. The number of ether oxygens (including phenoxy) is 4. The van der Waals surface area contributed by atoms with Gasteiger partial charge in [-0.2, -0.15) is 0 Å². The summed E-state index contributed by atoms with van der Waals surface area (Å²) in [5.74, 6) is 2.49. The van der Waals surface area contributed by atoms with Gasteiger partial charge >= 0.3 is 6.09 Å². The molecule has 0 unspecified atom stereocenters. The van der Waals surface area contributed by atoms with Gasteiger partial charge in [-0.15, -0.1) is 0 Å². The smallest absolute Gasteiger partial charge is 0.408 e. The first-order valence-corrected chi connectivity index (χ1v) is 12.4. The molecule has 0 atom stereocenters. The van der Waals surface area contributed by atoms with Crippen LogP contribution in [0.3, 0.4) is 0 Å². The first-order valence-electron chi connectivity index (χ1n) is 12.4. The number of fused-ring (bicyclic) bond motifs is 2. The quantitative estimate of drug-likeness (QED) is 0.240. The molecule has 1 aliphatic carbocycles. The Morgan fingerprint density at radius 1 is 1.00 bits per heavy atom. The molecule has 8 heteroatoms. The monoisotopic (exact) mass is 509 g/mol. The maximum absolute atomic E-state index is 12.4. The zero-order chi connectivity index (χ0) is 26.0. The molecule has 0 aliphatic heterocycles. The Kier molecular flexibility index (Phi) is 6.21. The first kappa shape index (κ1) is 23.7. The number of methoxy groups -OCH3 is 1. The van der Waals surface area contributed by atoms with Crippen molar-refractivity contribution in [2.45, 2.75) is 25.0 Å². The fraction of sp³-hybridized carbons (Fsp3) is 0.200. The lowest BCUT2D eigenvalue weighted by molar-refractivity contribution is 0.128. The molecule has 2 aromatic heterocycles. The summed E-state index contributed by atoms with van der Waals surface area (Å²) in [6, 6.07) is 23.0. The van der Waals surface area contributed by atoms with E-state index < -0.39 is 11.6 Å². The molecule has 1 fully saturated rings. The van der Waals surface area contributed by atoms with Crippen molar-refractivity contribution >= 4 is 27.9 Å². The van der Waals surface area contributed by atoms with Crippen LogP contribution in [-0.4, -0.2) is 35.3 Å². The number of rotatable bonds is 9. The van der Waals surface area contributed by atoms with Gasteiger partial charge in [-0.05, 0) is 54.8 Å². The summed E-state index contributed by atoms with van der Waals surface area (Å²) in [5, 5.41) is 4.84. The van der Waals surface area contributed by atoms with Crippen LogP contribution in [0, 0.1) is 0 Å². The molecule has 1 amide bonds. The molecule has 8 nitrogen and oxygen atoms in total. The number of nitrogens with zero attached hydrogens (tertiary/aromatic N) is 1. The van der Waals surface area contributed by atoms with Gasteiger partial charge in [0.05, 0.1) is 18.2 Å². The zero-order valence-corrected chi connectivity index (χ0v) is 20.9. The molecular formula is C30H27N3O5. The Balaban J connectivity index is 1.15. The number of H-pyrrole nitrogens is 1. The number of carbonyl (C=O) groups excluding carboxylic acids is 1. The Bertz CT molecular complexity index is 1590. The molecule has 2 N–H and O–H groups in total. The third-order valence-electron chi connectivity index (χ3n) is 6.68. The van der Waals surface area contributed by atoms with E-state index in [1.807, 2.05) is 79.0 Å². The van der Waals surface area contributed by atoms with Gasteiger partial charge in [0.2, 0.25) is 0 Å². The minimum atomic E-state index is -0.457. The normalized spacial score (nSPS) is 13.7. The number of benzene rings is 3. The van der Waals surface area contributed by atoms with Crippen LogP contribution >= 0.6 is 0 Å². The lowest BCUT2D eigenvalue weighted by Gasteiger charge is -2.19. The number of aromatic nitrogens is 2. The van der Waals surface area contributed by atoms with Crippen LogP contribution in [0.4, 0.5) is 4.79 Å². The van der Waals surface area contributed by atoms with Gasteiger partial charge in [-0.25, -0.2) is 4.79 Å². The number of pyridine rings is 1. The first-order chi connectivity index (χ1) is 18.6. The fourth-order valence-corrected chi connectivity index (χ4v) is 4.36. The van der Waals surface area contributed by atoms with Gasteiger partial charge in [-0.1, -0.05) is 30.3 Å². The molecule has 0 saturated heterocycles. The predicted molar refractivity (Wildman–Crippen MR) is 144 cm³/mol. The van der Waals surface area contributed by atoms with Crippen LogP contribution in [0.15, 0.2) is 85.2 Å². The highest BCUT2D eigenvalue weighted by Crippen LogP contribution is 2.40. The van der Waals surface area contributed by atoms with Gasteiger partial charge in [-0.3, -0.25) is 4.98 Å². The fourth-order valence-electron chi connectivity index (χ4n) is 4.36. The summed E-state index contributed by atoms with van der Waals surface area (Å²) in [4.78, 5) is 20.1. The van der Waals surface area contributed by atoms with Gasteiger partial charge in [0.15, 0.2) is 11.5 Å². The molecule has 0 spiro atoms. The van der Waals surface area contributed by atoms with Crippen molar-refractivity contribution in [3.8, 4) is 23.0 Å². The van der Waals surface area contributed by atoms with E-state index >= 15 is 0 Å². The van der Waals surface area contributed by atoms with Crippen molar-refractivity contribution < 1.29 is 23.7 Å². The number of amides is 1. The zero-order valence-electron chi connectivity index (χ0n) is 20.9. The average Bonchev–Trinajstić information content (AvgIpc) is 3.54. The maximum Gasteiger partial charge on any atom is 0.408 e. The van der Waals surface area contributed by atoms with Crippen LogP contribution in [0.5, 0.6) is 23.0 Å². The Morgan fingerprint density at radius 2 is 1.87 bits per heavy atom. The molecule has 6 rings (SSSR count). The second kappa shape index (κ2) is 9.97. The molecule has 1 aliphatic rings. The van der Waals surface area contributed by atoms with E-state index in [9.17, 15) is 4.79 Å². The van der Waals surface area contributed by atoms with E-state index in [0.29, 0.717) is 29.4 Å². The van der Waals surface area contributed by atoms with Gasteiger partial charge in [0.25, 0.3) is 0 Å². The van der Waals surface area contributed by atoms with Crippen LogP contribution in [0.1, 0.15) is 18.4 Å². The molecular weight excluding hydrogens is 482 g/mol. The molecule has 1 saturated carbocycles. The Hall–Kier alpha value is -4.72. The highest BCUT2D eigenvalue weighted by atomic mass is 16.6. The summed E-state index contributed by atoms with van der Waals surface area (Å²) < 4.78 is 23.4. The Labute approximate surface area is 219 Å². The molecule has 2 heterocycles. The van der Waals surface area contributed by atoms with E-state index in [1.165, 1.54) is 0 Å². The Morgan fingerprint density at radius 3 is 2.68 bits per heavy atom. The van der Waals surface area contributed by atoms with Crippen LogP contribution in [0.2, 0.25) is 0 Å². The molecule has 3 aromatic carbocycles. The number of hydrogen-bond donors (Lipinski definition) is 2. The topological polar surface area (TPSA) is 94.7 Å². The standard InChI is InChI=1S/C30H27N3O5/c1-35-27-16-23-25(32-14-10-26(23)38-22-7-8-24-21(15-22)9-13-31-24)17-28(27)37-19-30(11-12-30)33-29(34)36-18-20-5-3-2-4-6-20/h2-10,13-17,31H,11-12,18-19H2,1H3,(H,33,34). The van der Waals surface area contributed by atoms with Crippen LogP contribution in [0.25, 0.3) is 21.8 Å². The minimum Gasteiger partial charge on any atom is -0.493 e. The van der Waals surface area contributed by atoms with Crippen LogP contribution < -0.4 is 19.5 Å². The molecule has 192 valence electrons. The second-order valence-electron chi connectivity index (χ2n) is 9.41. The number of carbonyl (C=O) groups is 1. The SMILES string of the molecule is COc1cc2c(Oc3ccc4[nH]ccc4c3)ccnc2cc1OCC1(NC(=O)OCc2ccccc2)CC1. The summed E-state index contributed by atoms with van der Waals surface area (Å²) in [5.41, 5.74) is 2.24. The summed E-state index contributed by atoms with van der Waals surface area (Å²) in [6.45, 7) is 0.513. The molecule has 5 aromatic rings. The minimum absolute atomic E-state index is 0.219. The van der Waals surface area contributed by atoms with E-state index in [1.54, 1.807) is 13.3 Å². The van der Waals surface area contributed by atoms with Gasteiger partial charge in [0.1, 0.15) is 24.7 Å². The van der Waals surface area contributed by atoms with E-state index in [4.69, 9.17) is 18.9 Å². The van der Waals surface area contributed by atoms with Crippen molar-refractivity contribution in [3.05, 3.63) is 90.8 Å². The molecule has 38 heavy (non-hydrogen) atoms. The lowest BCUT2D eigenvalue weighted by Crippen LogP contribution is -2.41. The maximum atomic E-state index is 12.4. The van der Waals surface area contributed by atoms with Gasteiger partial charge in [0, 0.05) is 34.7 Å². The van der Waals surface area contributed by atoms with Crippen molar-refractivity contribution in [1.82, 2.24) is 15.3 Å². The highest BCUT2D eigenvalue weighted by Gasteiger charge is 2.45. The number of hydrogen-bond acceptors (Lipinski definition) is 6. The number of nitrogens with one attached hydrogen (secondary N) is 2. The number of alkyl carbamates (subject to hydrolysis) is 1. The van der Waals surface area contributed by atoms with Crippen LogP contribution in [-0.2, 0) is 11.3 Å². The van der Waals surface area contributed by atoms with E-state index in [2.05, 4.69) is 15.3 Å². The third-order valence-corrected chi connectivity index (χ3v) is 6.68. The summed E-state index contributed by atoms with van der Waals surface area (Å²) in [6.07, 6.45) is 4.77. The second-order valence-corrected chi connectivity index (χ2v) is 9.41. The molecule has 0 radical (unpaired) electrons.